The molecule has 0 aliphatic carbocycles. The Morgan fingerprint density at radius 3 is 2.70 bits per heavy atom. The monoisotopic (exact) mass is 375 g/mol. The molecule has 0 radical (unpaired) electrons. The second-order valence-electron chi connectivity index (χ2n) is 4.89. The lowest BCUT2D eigenvalue weighted by atomic mass is 10.2. The van der Waals surface area contributed by atoms with Gasteiger partial charge in [0.1, 0.15) is 12.4 Å². The van der Waals surface area contributed by atoms with Gasteiger partial charge in [-0.15, -0.1) is 0 Å². The minimum atomic E-state index is -0.463. The average molecular weight is 376 g/mol. The number of carbonyl (C=O) groups excluding carboxylic acids is 1. The second kappa shape index (κ2) is 6.29. The average Bonchev–Trinajstić information content (AvgIpc) is 2.52. The number of nitrogens with one attached hydrogen (secondary N) is 1. The first-order chi connectivity index (χ1) is 11.0. The van der Waals surface area contributed by atoms with Gasteiger partial charge in [-0.2, -0.15) is 0 Å². The molecular weight excluding hydrogens is 365 g/mol. The van der Waals surface area contributed by atoms with Gasteiger partial charge in [0.25, 0.3) is 5.56 Å². The van der Waals surface area contributed by atoms with Crippen molar-refractivity contribution in [3.63, 3.8) is 0 Å². The van der Waals surface area contributed by atoms with E-state index in [4.69, 9.17) is 0 Å². The molecule has 7 heteroatoms. The fourth-order valence-corrected chi connectivity index (χ4v) is 2.40. The highest BCUT2D eigenvalue weighted by Gasteiger charge is 2.09. The number of nitrogens with zero attached hydrogens (tertiary/aromatic N) is 2. The summed E-state index contributed by atoms with van der Waals surface area (Å²) in [7, 11) is 0. The van der Waals surface area contributed by atoms with E-state index < -0.39 is 5.82 Å². The van der Waals surface area contributed by atoms with Crippen molar-refractivity contribution in [2.24, 2.45) is 0 Å². The van der Waals surface area contributed by atoms with Crippen LogP contribution in [0.4, 0.5) is 10.1 Å². The summed E-state index contributed by atoms with van der Waals surface area (Å²) in [6, 6.07) is 10.8. The van der Waals surface area contributed by atoms with Gasteiger partial charge in [-0.3, -0.25) is 14.2 Å². The zero-order chi connectivity index (χ0) is 16.4. The molecule has 1 amide bonds. The maximum atomic E-state index is 13.1. The largest absolute Gasteiger partial charge is 0.325 e. The van der Waals surface area contributed by atoms with E-state index in [1.165, 1.54) is 29.1 Å². The summed E-state index contributed by atoms with van der Waals surface area (Å²) < 4.78 is 15.2. The van der Waals surface area contributed by atoms with Crippen molar-refractivity contribution in [1.29, 1.82) is 0 Å². The van der Waals surface area contributed by atoms with Crippen molar-refractivity contribution in [2.45, 2.75) is 6.54 Å². The fourth-order valence-electron chi connectivity index (χ4n) is 2.13. The van der Waals surface area contributed by atoms with Gasteiger partial charge in [-0.25, -0.2) is 9.37 Å². The number of carbonyl (C=O) groups is 1. The number of anilines is 1. The number of hydrogen-bond acceptors (Lipinski definition) is 3. The number of benzene rings is 2. The Hall–Kier alpha value is -2.54. The molecule has 0 aliphatic heterocycles. The lowest BCUT2D eigenvalue weighted by molar-refractivity contribution is -0.116. The Morgan fingerprint density at radius 1 is 1.22 bits per heavy atom. The summed E-state index contributed by atoms with van der Waals surface area (Å²) in [5, 5.41) is 2.96. The second-order valence-corrected chi connectivity index (χ2v) is 5.81. The van der Waals surface area contributed by atoms with Crippen LogP contribution in [-0.4, -0.2) is 15.5 Å². The molecule has 1 heterocycles. The van der Waals surface area contributed by atoms with Crippen LogP contribution >= 0.6 is 15.9 Å². The molecule has 0 unspecified atom stereocenters. The quantitative estimate of drug-likeness (QED) is 0.765. The number of fused-ring (bicyclic) bond motifs is 1. The van der Waals surface area contributed by atoms with Crippen molar-refractivity contribution in [2.75, 3.05) is 5.32 Å². The third-order valence-electron chi connectivity index (χ3n) is 3.23. The van der Waals surface area contributed by atoms with Crippen LogP contribution in [0.1, 0.15) is 0 Å². The van der Waals surface area contributed by atoms with Crippen LogP contribution in [0.5, 0.6) is 0 Å². The first-order valence-corrected chi connectivity index (χ1v) is 7.52. The summed E-state index contributed by atoms with van der Waals surface area (Å²) in [5.41, 5.74) is 0.502. The number of amides is 1. The summed E-state index contributed by atoms with van der Waals surface area (Å²) in [4.78, 5) is 28.3. The van der Waals surface area contributed by atoms with Gasteiger partial charge in [0.15, 0.2) is 0 Å². The lowest BCUT2D eigenvalue weighted by Crippen LogP contribution is -2.27. The van der Waals surface area contributed by atoms with E-state index in [0.717, 1.165) is 4.47 Å². The molecule has 0 aliphatic rings. The predicted octanol–water partition coefficient (Wildman–Crippen LogP) is 2.94. The maximum absolute atomic E-state index is 13.1. The number of halogens is 2. The highest BCUT2D eigenvalue weighted by molar-refractivity contribution is 9.10. The molecule has 1 N–H and O–H groups in total. The highest BCUT2D eigenvalue weighted by Crippen LogP contribution is 2.14. The first-order valence-electron chi connectivity index (χ1n) is 6.73. The van der Waals surface area contributed by atoms with Gasteiger partial charge in [0, 0.05) is 16.2 Å². The molecule has 5 nitrogen and oxygen atoms in total. The van der Waals surface area contributed by atoms with Crippen LogP contribution in [0.3, 0.4) is 0 Å². The van der Waals surface area contributed by atoms with Crippen LogP contribution in [0.25, 0.3) is 10.9 Å². The van der Waals surface area contributed by atoms with Gasteiger partial charge in [-0.1, -0.05) is 15.9 Å². The molecule has 0 saturated heterocycles. The molecule has 23 heavy (non-hydrogen) atoms. The minimum Gasteiger partial charge on any atom is -0.325 e. The van der Waals surface area contributed by atoms with Crippen molar-refractivity contribution in [3.8, 4) is 0 Å². The number of aromatic nitrogens is 2. The molecule has 1 aromatic heterocycles. The Balaban J connectivity index is 1.82. The molecule has 0 fully saturated rings. The first kappa shape index (κ1) is 15.4. The summed E-state index contributed by atoms with van der Waals surface area (Å²) in [5.74, 6) is -0.812. The molecule has 3 rings (SSSR count). The fraction of sp³-hybridized carbons (Fsp3) is 0.0625. The van der Waals surface area contributed by atoms with Gasteiger partial charge >= 0.3 is 0 Å². The molecule has 116 valence electrons. The zero-order valence-electron chi connectivity index (χ0n) is 11.8. The summed E-state index contributed by atoms with van der Waals surface area (Å²) in [6.45, 7) is -0.171. The van der Waals surface area contributed by atoms with Gasteiger partial charge in [0.2, 0.25) is 5.91 Å². The van der Waals surface area contributed by atoms with E-state index in [0.29, 0.717) is 5.69 Å². The third kappa shape index (κ3) is 3.45. The smallest absolute Gasteiger partial charge is 0.261 e. The van der Waals surface area contributed by atoms with Crippen molar-refractivity contribution in [3.05, 3.63) is 69.4 Å². The minimum absolute atomic E-state index is 0.171. The van der Waals surface area contributed by atoms with Crippen LogP contribution in [0.2, 0.25) is 0 Å². The van der Waals surface area contributed by atoms with E-state index in [1.54, 1.807) is 24.3 Å². The van der Waals surface area contributed by atoms with Crippen LogP contribution in [0.15, 0.2) is 58.1 Å². The van der Waals surface area contributed by atoms with Crippen molar-refractivity contribution in [1.82, 2.24) is 9.55 Å². The SMILES string of the molecule is O=C(Cn1cnc2cc(F)ccc2c1=O)Nc1ccc(Br)cc1. The Labute approximate surface area is 138 Å². The number of rotatable bonds is 3. The zero-order valence-corrected chi connectivity index (χ0v) is 13.4. The van der Waals surface area contributed by atoms with Crippen LogP contribution in [0, 0.1) is 5.82 Å². The van der Waals surface area contributed by atoms with Gasteiger partial charge in [-0.05, 0) is 36.4 Å². The molecule has 0 bridgehead atoms. The van der Waals surface area contributed by atoms with E-state index in [9.17, 15) is 14.0 Å². The maximum Gasteiger partial charge on any atom is 0.261 e. The topological polar surface area (TPSA) is 64.0 Å². The lowest BCUT2D eigenvalue weighted by Gasteiger charge is -2.08. The molecule has 0 spiro atoms. The summed E-state index contributed by atoms with van der Waals surface area (Å²) >= 11 is 3.31. The van der Waals surface area contributed by atoms with Crippen molar-refractivity contribution >= 4 is 38.4 Å². The van der Waals surface area contributed by atoms with E-state index in [1.807, 2.05) is 0 Å². The van der Waals surface area contributed by atoms with E-state index in [2.05, 4.69) is 26.2 Å². The predicted molar refractivity (Wildman–Crippen MR) is 88.7 cm³/mol. The molecular formula is C16H11BrFN3O2. The van der Waals surface area contributed by atoms with E-state index >= 15 is 0 Å². The Bertz CT molecular complexity index is 938. The highest BCUT2D eigenvalue weighted by atomic mass is 79.9. The van der Waals surface area contributed by atoms with Crippen LogP contribution < -0.4 is 10.9 Å². The third-order valence-corrected chi connectivity index (χ3v) is 3.76. The molecule has 2 aromatic carbocycles. The van der Waals surface area contributed by atoms with Gasteiger partial charge < -0.3 is 5.32 Å². The van der Waals surface area contributed by atoms with Crippen LogP contribution in [-0.2, 0) is 11.3 Å². The van der Waals surface area contributed by atoms with E-state index in [-0.39, 0.29) is 28.9 Å². The molecule has 0 saturated carbocycles. The van der Waals surface area contributed by atoms with Gasteiger partial charge in [0.05, 0.1) is 17.2 Å². The molecule has 0 atom stereocenters. The Kier molecular flexibility index (Phi) is 4.20. The normalized spacial score (nSPS) is 10.7. The Morgan fingerprint density at radius 2 is 1.96 bits per heavy atom. The molecule has 3 aromatic rings. The standard InChI is InChI=1S/C16H11BrFN3O2/c17-10-1-4-12(5-2-10)20-15(22)8-21-9-19-14-7-11(18)3-6-13(14)16(21)23/h1-7,9H,8H2,(H,20,22). The number of hydrogen-bond donors (Lipinski definition) is 1. The van der Waals surface area contributed by atoms with Crippen molar-refractivity contribution < 1.29 is 9.18 Å². The summed E-state index contributed by atoms with van der Waals surface area (Å²) in [6.07, 6.45) is 1.24.